The molecule has 2 heteroatoms. The molecule has 0 saturated heterocycles. The standard InChI is InChI=1S/C13H20N2/c1-12(15,8-14)13-5-9-2-10(6-13)4-11(3-9)7-13/h9-11H,2-7,15H2,1H3. The van der Waals surface area contributed by atoms with E-state index in [-0.39, 0.29) is 5.41 Å². The summed E-state index contributed by atoms with van der Waals surface area (Å²) in [5.41, 5.74) is 5.82. The topological polar surface area (TPSA) is 49.8 Å². The molecule has 0 amide bonds. The van der Waals surface area contributed by atoms with Crippen LogP contribution in [0.15, 0.2) is 0 Å². The Labute approximate surface area is 91.8 Å². The van der Waals surface area contributed by atoms with E-state index < -0.39 is 5.54 Å². The van der Waals surface area contributed by atoms with Crippen LogP contribution in [0.25, 0.3) is 0 Å². The molecule has 4 fully saturated rings. The lowest BCUT2D eigenvalue weighted by Crippen LogP contribution is -2.60. The molecule has 0 radical (unpaired) electrons. The summed E-state index contributed by atoms with van der Waals surface area (Å²) in [6, 6.07) is 2.38. The maximum absolute atomic E-state index is 9.28. The Morgan fingerprint density at radius 2 is 1.53 bits per heavy atom. The Kier molecular flexibility index (Phi) is 1.78. The van der Waals surface area contributed by atoms with Gasteiger partial charge in [0.25, 0.3) is 0 Å². The van der Waals surface area contributed by atoms with Crippen LogP contribution in [0.5, 0.6) is 0 Å². The Morgan fingerprint density at radius 3 is 1.87 bits per heavy atom. The van der Waals surface area contributed by atoms with Gasteiger partial charge in [-0.2, -0.15) is 5.26 Å². The highest BCUT2D eigenvalue weighted by atomic mass is 14.8. The smallest absolute Gasteiger partial charge is 0.107 e. The van der Waals surface area contributed by atoms with E-state index in [0.29, 0.717) is 0 Å². The highest BCUT2D eigenvalue weighted by Gasteiger charge is 2.57. The molecule has 4 saturated carbocycles. The van der Waals surface area contributed by atoms with Gasteiger partial charge in [0.2, 0.25) is 0 Å². The van der Waals surface area contributed by atoms with E-state index in [9.17, 15) is 5.26 Å². The van der Waals surface area contributed by atoms with Crippen LogP contribution in [0, 0.1) is 34.5 Å². The van der Waals surface area contributed by atoms with Gasteiger partial charge in [-0.3, -0.25) is 0 Å². The fraction of sp³-hybridized carbons (Fsp3) is 0.923. The second kappa shape index (κ2) is 2.77. The minimum absolute atomic E-state index is 0.163. The quantitative estimate of drug-likeness (QED) is 0.713. The zero-order valence-corrected chi connectivity index (χ0v) is 9.50. The summed E-state index contributed by atoms with van der Waals surface area (Å²) in [6.45, 7) is 1.96. The number of nitrogens with zero attached hydrogens (tertiary/aromatic N) is 1. The van der Waals surface area contributed by atoms with Crippen LogP contribution < -0.4 is 5.73 Å². The van der Waals surface area contributed by atoms with Crippen molar-refractivity contribution in [3.63, 3.8) is 0 Å². The Morgan fingerprint density at radius 1 is 1.13 bits per heavy atom. The summed E-state index contributed by atoms with van der Waals surface area (Å²) in [6.07, 6.45) is 7.92. The summed E-state index contributed by atoms with van der Waals surface area (Å²) < 4.78 is 0. The van der Waals surface area contributed by atoms with Crippen molar-refractivity contribution in [3.8, 4) is 6.07 Å². The van der Waals surface area contributed by atoms with Gasteiger partial charge in [0.15, 0.2) is 0 Å². The van der Waals surface area contributed by atoms with Gasteiger partial charge in [-0.25, -0.2) is 0 Å². The van der Waals surface area contributed by atoms with Gasteiger partial charge in [0, 0.05) is 5.41 Å². The highest BCUT2D eigenvalue weighted by molar-refractivity contribution is 5.18. The molecule has 1 unspecified atom stereocenters. The fourth-order valence-electron chi connectivity index (χ4n) is 4.87. The molecule has 4 aliphatic carbocycles. The van der Waals surface area contributed by atoms with Crippen molar-refractivity contribution < 1.29 is 0 Å². The van der Waals surface area contributed by atoms with E-state index in [1.54, 1.807) is 0 Å². The number of hydrogen-bond donors (Lipinski definition) is 1. The fourth-order valence-corrected chi connectivity index (χ4v) is 4.87. The van der Waals surface area contributed by atoms with Crippen LogP contribution >= 0.6 is 0 Å². The average molecular weight is 204 g/mol. The van der Waals surface area contributed by atoms with Gasteiger partial charge in [-0.1, -0.05) is 0 Å². The summed E-state index contributed by atoms with van der Waals surface area (Å²) >= 11 is 0. The van der Waals surface area contributed by atoms with Crippen LogP contribution in [0.2, 0.25) is 0 Å². The first-order valence-electron chi connectivity index (χ1n) is 6.25. The van der Waals surface area contributed by atoms with Crippen molar-refractivity contribution in [2.75, 3.05) is 0 Å². The summed E-state index contributed by atoms with van der Waals surface area (Å²) in [5.74, 6) is 2.65. The number of rotatable bonds is 1. The lowest BCUT2D eigenvalue weighted by molar-refractivity contribution is -0.0793. The van der Waals surface area contributed by atoms with Gasteiger partial charge < -0.3 is 5.73 Å². The highest BCUT2D eigenvalue weighted by Crippen LogP contribution is 2.62. The third-order valence-corrected chi connectivity index (χ3v) is 5.37. The van der Waals surface area contributed by atoms with Crippen molar-refractivity contribution in [1.82, 2.24) is 0 Å². The minimum atomic E-state index is -0.594. The molecule has 0 aromatic heterocycles. The SMILES string of the molecule is CC(N)(C#N)C12CC3CC(CC(C3)C1)C2. The minimum Gasteiger partial charge on any atom is -0.313 e. The maximum atomic E-state index is 9.28. The second-order valence-electron chi connectivity index (χ2n) is 6.51. The Hall–Kier alpha value is -0.550. The zero-order chi connectivity index (χ0) is 10.7. The molecule has 0 heterocycles. The lowest BCUT2D eigenvalue weighted by Gasteiger charge is -2.60. The Balaban J connectivity index is 1.97. The van der Waals surface area contributed by atoms with Crippen LogP contribution in [-0.4, -0.2) is 5.54 Å². The van der Waals surface area contributed by atoms with Crippen molar-refractivity contribution >= 4 is 0 Å². The van der Waals surface area contributed by atoms with Crippen molar-refractivity contribution in [2.24, 2.45) is 28.9 Å². The predicted molar refractivity (Wildman–Crippen MR) is 58.8 cm³/mol. The molecule has 4 rings (SSSR count). The van der Waals surface area contributed by atoms with Crippen LogP contribution in [-0.2, 0) is 0 Å². The van der Waals surface area contributed by atoms with E-state index in [2.05, 4.69) is 6.07 Å². The van der Waals surface area contributed by atoms with Crippen molar-refractivity contribution in [1.29, 1.82) is 5.26 Å². The predicted octanol–water partition coefficient (Wildman–Crippen LogP) is 2.44. The molecule has 2 nitrogen and oxygen atoms in total. The second-order valence-corrected chi connectivity index (χ2v) is 6.51. The zero-order valence-electron chi connectivity index (χ0n) is 9.50. The number of nitrogens with two attached hydrogens (primary N) is 1. The molecule has 1 atom stereocenters. The Bertz CT molecular complexity index is 289. The first kappa shape index (κ1) is 9.66. The maximum Gasteiger partial charge on any atom is 0.107 e. The van der Waals surface area contributed by atoms with Crippen molar-refractivity contribution in [2.45, 2.75) is 51.0 Å². The number of hydrogen-bond acceptors (Lipinski definition) is 2. The van der Waals surface area contributed by atoms with Gasteiger partial charge >= 0.3 is 0 Å². The first-order chi connectivity index (χ1) is 7.05. The van der Waals surface area contributed by atoms with Crippen LogP contribution in [0.3, 0.4) is 0 Å². The van der Waals surface area contributed by atoms with Crippen LogP contribution in [0.1, 0.15) is 45.4 Å². The molecule has 82 valence electrons. The molecule has 15 heavy (non-hydrogen) atoms. The summed E-state index contributed by atoms with van der Waals surface area (Å²) in [4.78, 5) is 0. The number of nitriles is 1. The molecule has 4 aliphatic rings. The summed E-state index contributed by atoms with van der Waals surface area (Å²) in [5, 5.41) is 9.28. The van der Waals surface area contributed by atoms with E-state index in [4.69, 9.17) is 5.73 Å². The largest absolute Gasteiger partial charge is 0.313 e. The normalized spacial score (nSPS) is 51.1. The van der Waals surface area contributed by atoms with Crippen molar-refractivity contribution in [3.05, 3.63) is 0 Å². The van der Waals surface area contributed by atoms with Gasteiger partial charge in [-0.05, 0) is 63.2 Å². The monoisotopic (exact) mass is 204 g/mol. The average Bonchev–Trinajstić information content (AvgIpc) is 2.15. The molecular weight excluding hydrogens is 184 g/mol. The molecule has 0 aromatic carbocycles. The van der Waals surface area contributed by atoms with E-state index in [1.165, 1.54) is 38.5 Å². The molecule has 0 aliphatic heterocycles. The molecule has 0 spiro atoms. The van der Waals surface area contributed by atoms with Gasteiger partial charge in [0.1, 0.15) is 5.54 Å². The van der Waals surface area contributed by atoms with E-state index in [1.807, 2.05) is 6.92 Å². The van der Waals surface area contributed by atoms with Gasteiger partial charge in [0.05, 0.1) is 6.07 Å². The molecular formula is C13H20N2. The first-order valence-corrected chi connectivity index (χ1v) is 6.25. The third-order valence-electron chi connectivity index (χ3n) is 5.37. The lowest BCUT2D eigenvalue weighted by atomic mass is 9.45. The van der Waals surface area contributed by atoms with E-state index in [0.717, 1.165) is 17.8 Å². The van der Waals surface area contributed by atoms with E-state index >= 15 is 0 Å². The summed E-state index contributed by atoms with van der Waals surface area (Å²) in [7, 11) is 0. The van der Waals surface area contributed by atoms with Crippen LogP contribution in [0.4, 0.5) is 0 Å². The molecule has 0 aromatic rings. The molecule has 4 bridgehead atoms. The van der Waals surface area contributed by atoms with Gasteiger partial charge in [-0.15, -0.1) is 0 Å². The molecule has 2 N–H and O–H groups in total. The third kappa shape index (κ3) is 1.19.